The third kappa shape index (κ3) is 3.42. The number of likely N-dealkylation sites (tertiary alicyclic amines) is 1. The van der Waals surface area contributed by atoms with E-state index in [1.165, 1.54) is 35.9 Å². The van der Waals surface area contributed by atoms with E-state index in [0.717, 1.165) is 0 Å². The summed E-state index contributed by atoms with van der Waals surface area (Å²) in [6.07, 6.45) is 2.72. The Morgan fingerprint density at radius 2 is 2.06 bits per heavy atom. The fraction of sp³-hybridized carbons (Fsp3) is 0.364. The lowest BCUT2D eigenvalue weighted by Crippen LogP contribution is -2.44. The number of nitrogens with one attached hydrogen (secondary N) is 1. The summed E-state index contributed by atoms with van der Waals surface area (Å²) in [5.74, 6) is -0.0867. The lowest BCUT2D eigenvalue weighted by Gasteiger charge is -2.37. The van der Waals surface area contributed by atoms with Crippen molar-refractivity contribution in [2.45, 2.75) is 32.3 Å². The minimum Gasteiger partial charge on any atom is -0.489 e. The van der Waals surface area contributed by atoms with E-state index in [4.69, 9.17) is 4.74 Å². The maximum atomic E-state index is 13.4. The third-order valence-corrected chi connectivity index (χ3v) is 7.37. The molecular weight excluding hydrogens is 421 g/mol. The lowest BCUT2D eigenvalue weighted by molar-refractivity contribution is 0.0453. The molecule has 2 aromatic heterocycles. The molecule has 0 aliphatic carbocycles. The van der Waals surface area contributed by atoms with Gasteiger partial charge in [0.25, 0.3) is 11.5 Å². The van der Waals surface area contributed by atoms with Crippen molar-refractivity contribution >= 4 is 33.2 Å². The van der Waals surface area contributed by atoms with Crippen LogP contribution in [0.2, 0.25) is 0 Å². The highest BCUT2D eigenvalue weighted by Crippen LogP contribution is 2.35. The number of piperidine rings is 1. The number of fused-ring (bicyclic) bond motifs is 2. The van der Waals surface area contributed by atoms with Crippen molar-refractivity contribution < 1.29 is 18.7 Å². The molecular formula is C22H20FN3O4S. The monoisotopic (exact) mass is 441 g/mol. The third-order valence-electron chi connectivity index (χ3n) is 6.19. The number of nitrogens with zero attached hydrogens (tertiary/aromatic N) is 2. The fourth-order valence-electron chi connectivity index (χ4n) is 4.48. The largest absolute Gasteiger partial charge is 0.489 e. The Bertz CT molecular complexity index is 1260. The summed E-state index contributed by atoms with van der Waals surface area (Å²) in [6.45, 7) is 2.87. The molecule has 0 spiro atoms. The summed E-state index contributed by atoms with van der Waals surface area (Å²) in [6, 6.07) is 4.03. The van der Waals surface area contributed by atoms with Crippen LogP contribution in [0.4, 0.5) is 4.39 Å². The number of thiophene rings is 1. The molecule has 0 bridgehead atoms. The van der Waals surface area contributed by atoms with E-state index in [1.54, 1.807) is 11.8 Å². The number of aryl methyl sites for hydroxylation is 1. The first-order valence-electron chi connectivity index (χ1n) is 10.2. The first-order chi connectivity index (χ1) is 14.9. The summed E-state index contributed by atoms with van der Waals surface area (Å²) < 4.78 is 19.4. The maximum Gasteiger partial charge on any atom is 0.264 e. The number of halogens is 1. The van der Waals surface area contributed by atoms with Crippen LogP contribution in [-0.2, 0) is 0 Å². The van der Waals surface area contributed by atoms with Crippen molar-refractivity contribution in [1.82, 2.24) is 14.9 Å². The molecule has 9 heteroatoms. The minimum absolute atomic E-state index is 0.0974. The van der Waals surface area contributed by atoms with Crippen LogP contribution in [0.25, 0.3) is 10.2 Å². The highest BCUT2D eigenvalue weighted by molar-refractivity contribution is 7.20. The van der Waals surface area contributed by atoms with Gasteiger partial charge >= 0.3 is 0 Å². The van der Waals surface area contributed by atoms with Crippen LogP contribution in [0.1, 0.15) is 44.9 Å². The van der Waals surface area contributed by atoms with E-state index in [0.29, 0.717) is 57.9 Å². The molecule has 2 aliphatic rings. The van der Waals surface area contributed by atoms with Crippen LogP contribution in [0.5, 0.6) is 5.75 Å². The quantitative estimate of drug-likeness (QED) is 0.659. The fourth-order valence-corrected chi connectivity index (χ4v) is 5.60. The molecule has 1 atom stereocenters. The number of rotatable bonds is 2. The Morgan fingerprint density at radius 1 is 1.29 bits per heavy atom. The van der Waals surface area contributed by atoms with Gasteiger partial charge in [-0.3, -0.25) is 14.4 Å². The van der Waals surface area contributed by atoms with E-state index in [1.807, 2.05) is 0 Å². The summed E-state index contributed by atoms with van der Waals surface area (Å²) in [5.41, 5.74) is 0.718. The summed E-state index contributed by atoms with van der Waals surface area (Å²) in [5, 5.41) is 0.468. The number of Topliss-reactive ketones (excluding diaryl/α,β-unsaturated/α-hetero) is 1. The van der Waals surface area contributed by atoms with E-state index in [2.05, 4.69) is 9.97 Å². The average Bonchev–Trinajstić information content (AvgIpc) is 3.11. The SMILES string of the molecule is Cc1c(C(=O)N2CCC([C@H]3CC(=O)c4cc(F)ccc4O3)CC2)sc2nc[nH]c(=O)c12. The second-order valence-corrected chi connectivity index (χ2v) is 9.02. The predicted octanol–water partition coefficient (Wildman–Crippen LogP) is 3.32. The Morgan fingerprint density at radius 3 is 2.81 bits per heavy atom. The molecule has 1 amide bonds. The molecule has 5 rings (SSSR count). The number of ketones is 1. The maximum absolute atomic E-state index is 13.4. The highest BCUT2D eigenvalue weighted by Gasteiger charge is 2.36. The van der Waals surface area contributed by atoms with E-state index < -0.39 is 5.82 Å². The number of hydrogen-bond donors (Lipinski definition) is 1. The van der Waals surface area contributed by atoms with Crippen molar-refractivity contribution in [2.75, 3.05) is 13.1 Å². The number of carbonyl (C=O) groups excluding carboxylic acids is 2. The number of carbonyl (C=O) groups is 2. The van der Waals surface area contributed by atoms with Gasteiger partial charge in [-0.15, -0.1) is 11.3 Å². The minimum atomic E-state index is -0.449. The van der Waals surface area contributed by atoms with Gasteiger partial charge in [-0.25, -0.2) is 9.37 Å². The molecule has 0 radical (unpaired) electrons. The van der Waals surface area contributed by atoms with Crippen molar-refractivity contribution in [3.63, 3.8) is 0 Å². The van der Waals surface area contributed by atoms with Gasteiger partial charge in [-0.2, -0.15) is 0 Å². The number of aromatic nitrogens is 2. The highest BCUT2D eigenvalue weighted by atomic mass is 32.1. The zero-order valence-electron chi connectivity index (χ0n) is 16.8. The molecule has 1 saturated heterocycles. The predicted molar refractivity (Wildman–Crippen MR) is 113 cm³/mol. The van der Waals surface area contributed by atoms with E-state index >= 15 is 0 Å². The standard InChI is InChI=1S/C22H20FN3O4S/c1-11-18-20(28)24-10-25-21(18)31-19(11)22(29)26-6-4-12(5-7-26)17-9-15(27)14-8-13(23)2-3-16(14)30-17/h2-3,8,10,12,17H,4-7,9H2,1H3,(H,24,25,28)/t17-/m1/s1. The smallest absolute Gasteiger partial charge is 0.264 e. The first kappa shape index (κ1) is 19.9. The summed E-state index contributed by atoms with van der Waals surface area (Å²) >= 11 is 1.24. The van der Waals surface area contributed by atoms with Gasteiger partial charge in [0.1, 0.15) is 22.5 Å². The Kier molecular flexibility index (Phi) is 4.85. The number of aromatic amines is 1. The van der Waals surface area contributed by atoms with Crippen LogP contribution in [0.15, 0.2) is 29.3 Å². The Labute approximate surface area is 180 Å². The zero-order chi connectivity index (χ0) is 21.7. The molecule has 3 aromatic rings. The molecule has 7 nitrogen and oxygen atoms in total. The molecule has 1 aromatic carbocycles. The number of amides is 1. The second-order valence-electron chi connectivity index (χ2n) is 8.02. The van der Waals surface area contributed by atoms with Crippen molar-refractivity contribution in [2.24, 2.45) is 5.92 Å². The van der Waals surface area contributed by atoms with E-state index in [-0.39, 0.29) is 35.7 Å². The number of H-pyrrole nitrogens is 1. The van der Waals surface area contributed by atoms with Gasteiger partial charge in [0, 0.05) is 19.5 Å². The lowest BCUT2D eigenvalue weighted by atomic mass is 9.86. The van der Waals surface area contributed by atoms with Gasteiger partial charge in [0.2, 0.25) is 0 Å². The Hall–Kier alpha value is -3.07. The normalized spacial score (nSPS) is 19.4. The molecule has 0 saturated carbocycles. The molecule has 31 heavy (non-hydrogen) atoms. The van der Waals surface area contributed by atoms with Crippen LogP contribution in [0.3, 0.4) is 0 Å². The van der Waals surface area contributed by atoms with Gasteiger partial charge in [-0.1, -0.05) is 0 Å². The molecule has 2 aliphatic heterocycles. The van der Waals surface area contributed by atoms with Crippen LogP contribution < -0.4 is 10.3 Å². The average molecular weight is 441 g/mol. The number of benzene rings is 1. The molecule has 4 heterocycles. The van der Waals surface area contributed by atoms with Crippen molar-refractivity contribution in [3.8, 4) is 5.75 Å². The molecule has 160 valence electrons. The van der Waals surface area contributed by atoms with Gasteiger partial charge in [0.05, 0.1) is 22.2 Å². The number of ether oxygens (including phenoxy) is 1. The van der Waals surface area contributed by atoms with Crippen LogP contribution >= 0.6 is 11.3 Å². The topological polar surface area (TPSA) is 92.4 Å². The zero-order valence-corrected chi connectivity index (χ0v) is 17.6. The number of hydrogen-bond acceptors (Lipinski definition) is 6. The first-order valence-corrected chi connectivity index (χ1v) is 11.0. The Balaban J connectivity index is 1.29. The van der Waals surface area contributed by atoms with Crippen molar-refractivity contribution in [1.29, 1.82) is 0 Å². The van der Waals surface area contributed by atoms with Crippen LogP contribution in [-0.4, -0.2) is 45.8 Å². The van der Waals surface area contributed by atoms with Gasteiger partial charge in [0.15, 0.2) is 5.78 Å². The molecule has 1 fully saturated rings. The summed E-state index contributed by atoms with van der Waals surface area (Å²) in [7, 11) is 0. The second kappa shape index (κ2) is 7.56. The van der Waals surface area contributed by atoms with Gasteiger partial charge < -0.3 is 14.6 Å². The van der Waals surface area contributed by atoms with Crippen molar-refractivity contribution in [3.05, 3.63) is 56.7 Å². The van der Waals surface area contributed by atoms with Gasteiger partial charge in [-0.05, 0) is 49.4 Å². The summed E-state index contributed by atoms with van der Waals surface area (Å²) in [4.78, 5) is 47.3. The molecule has 1 N–H and O–H groups in total. The van der Waals surface area contributed by atoms with Crippen LogP contribution in [0, 0.1) is 18.7 Å². The van der Waals surface area contributed by atoms with E-state index in [9.17, 15) is 18.8 Å². The molecule has 0 unspecified atom stereocenters.